The fourth-order valence-corrected chi connectivity index (χ4v) is 3.60. The predicted molar refractivity (Wildman–Crippen MR) is 116 cm³/mol. The molecule has 0 amide bonds. The second-order valence-corrected chi connectivity index (χ2v) is 8.09. The zero-order valence-corrected chi connectivity index (χ0v) is 17.5. The number of guanidine groups is 1. The van der Waals surface area contributed by atoms with Crippen molar-refractivity contribution >= 4 is 5.96 Å². The number of hydrogen-bond donors (Lipinski definition) is 3. The molecule has 1 fully saturated rings. The Morgan fingerprint density at radius 2 is 1.96 bits per heavy atom. The van der Waals surface area contributed by atoms with Crippen LogP contribution in [0.3, 0.4) is 0 Å². The minimum Gasteiger partial charge on any atom is -0.355 e. The molecule has 1 atom stereocenters. The van der Waals surface area contributed by atoms with E-state index in [0.717, 1.165) is 45.0 Å². The summed E-state index contributed by atoms with van der Waals surface area (Å²) in [6.45, 7) is 14.5. The smallest absolute Gasteiger partial charge is 0.191 e. The molecule has 5 heteroatoms. The highest BCUT2D eigenvalue weighted by atomic mass is 15.2. The Hall–Kier alpha value is -1.85. The summed E-state index contributed by atoms with van der Waals surface area (Å²) in [5.74, 6) is 0.888. The molecule has 0 aliphatic carbocycles. The number of likely N-dealkylation sites (tertiary alicyclic amines) is 1. The van der Waals surface area contributed by atoms with Crippen LogP contribution in [0.4, 0.5) is 0 Å². The van der Waals surface area contributed by atoms with Gasteiger partial charge in [0.15, 0.2) is 5.96 Å². The van der Waals surface area contributed by atoms with Crippen LogP contribution in [0.5, 0.6) is 0 Å². The number of hydrogen-bond acceptors (Lipinski definition) is 3. The molecule has 27 heavy (non-hydrogen) atoms. The number of aliphatic imine (C=N–C) groups is 1. The van der Waals surface area contributed by atoms with Gasteiger partial charge in [0.2, 0.25) is 0 Å². The SMILES string of the molecule is C=CCN1CCC(NC(=NC)NCC(C)(C)NC(C)c2ccccc2)CC1. The Morgan fingerprint density at radius 3 is 2.56 bits per heavy atom. The molecule has 1 heterocycles. The molecule has 0 bridgehead atoms. The van der Waals surface area contributed by atoms with Crippen LogP contribution in [-0.4, -0.2) is 55.7 Å². The second-order valence-electron chi connectivity index (χ2n) is 8.09. The van der Waals surface area contributed by atoms with Crippen LogP contribution >= 0.6 is 0 Å². The van der Waals surface area contributed by atoms with Gasteiger partial charge in [-0.3, -0.25) is 9.89 Å². The highest BCUT2D eigenvalue weighted by Crippen LogP contribution is 2.16. The lowest BCUT2D eigenvalue weighted by molar-refractivity contribution is 0.224. The van der Waals surface area contributed by atoms with Gasteiger partial charge in [-0.2, -0.15) is 0 Å². The summed E-state index contributed by atoms with van der Waals surface area (Å²) < 4.78 is 0. The topological polar surface area (TPSA) is 51.7 Å². The maximum atomic E-state index is 4.41. The Labute approximate surface area is 165 Å². The highest BCUT2D eigenvalue weighted by molar-refractivity contribution is 5.80. The minimum absolute atomic E-state index is 0.0554. The zero-order valence-electron chi connectivity index (χ0n) is 17.5. The van der Waals surface area contributed by atoms with E-state index < -0.39 is 0 Å². The van der Waals surface area contributed by atoms with Gasteiger partial charge in [0.25, 0.3) is 0 Å². The summed E-state index contributed by atoms with van der Waals surface area (Å²) in [7, 11) is 1.84. The van der Waals surface area contributed by atoms with E-state index in [1.807, 2.05) is 13.1 Å². The van der Waals surface area contributed by atoms with Crippen molar-refractivity contribution in [2.24, 2.45) is 4.99 Å². The maximum Gasteiger partial charge on any atom is 0.191 e. The third-order valence-electron chi connectivity index (χ3n) is 5.14. The van der Waals surface area contributed by atoms with Crippen molar-refractivity contribution in [2.45, 2.75) is 51.2 Å². The molecular formula is C22H37N5. The van der Waals surface area contributed by atoms with Crippen molar-refractivity contribution in [3.8, 4) is 0 Å². The summed E-state index contributed by atoms with van der Waals surface area (Å²) in [5.41, 5.74) is 1.25. The van der Waals surface area contributed by atoms with E-state index in [0.29, 0.717) is 12.1 Å². The average Bonchev–Trinajstić information content (AvgIpc) is 2.67. The van der Waals surface area contributed by atoms with E-state index in [4.69, 9.17) is 0 Å². The lowest BCUT2D eigenvalue weighted by Crippen LogP contribution is -2.54. The standard InChI is InChI=1S/C22H37N5/c1-6-14-27-15-12-20(13-16-27)25-21(23-5)24-17-22(3,4)26-18(2)19-10-8-7-9-11-19/h6-11,18,20,26H,1,12-17H2,2-5H3,(H2,23,24,25). The first-order valence-electron chi connectivity index (χ1n) is 10.1. The summed E-state index contributed by atoms with van der Waals surface area (Å²) in [4.78, 5) is 6.86. The molecule has 0 radical (unpaired) electrons. The van der Waals surface area contributed by atoms with Crippen molar-refractivity contribution in [1.82, 2.24) is 20.9 Å². The highest BCUT2D eigenvalue weighted by Gasteiger charge is 2.23. The van der Waals surface area contributed by atoms with Crippen LogP contribution < -0.4 is 16.0 Å². The fourth-order valence-electron chi connectivity index (χ4n) is 3.60. The first-order valence-corrected chi connectivity index (χ1v) is 10.1. The Bertz CT molecular complexity index is 588. The normalized spacial score (nSPS) is 18.1. The number of benzene rings is 1. The van der Waals surface area contributed by atoms with Gasteiger partial charge >= 0.3 is 0 Å². The molecule has 0 aromatic heterocycles. The van der Waals surface area contributed by atoms with E-state index in [-0.39, 0.29) is 5.54 Å². The first kappa shape index (κ1) is 21.5. The third kappa shape index (κ3) is 7.35. The molecule has 1 aliphatic heterocycles. The predicted octanol–water partition coefficient (Wildman–Crippen LogP) is 2.93. The Morgan fingerprint density at radius 1 is 1.30 bits per heavy atom. The number of rotatable bonds is 8. The van der Waals surface area contributed by atoms with Gasteiger partial charge in [0, 0.05) is 50.8 Å². The summed E-state index contributed by atoms with van der Waals surface area (Å²) in [6.07, 6.45) is 4.27. The van der Waals surface area contributed by atoms with Crippen molar-refractivity contribution in [3.05, 3.63) is 48.6 Å². The largest absolute Gasteiger partial charge is 0.355 e. The van der Waals surface area contributed by atoms with E-state index in [1.54, 1.807) is 0 Å². The van der Waals surface area contributed by atoms with Crippen LogP contribution in [0.15, 0.2) is 48.0 Å². The Kier molecular flexibility index (Phi) is 8.32. The molecule has 5 nitrogen and oxygen atoms in total. The molecule has 1 saturated heterocycles. The number of nitrogens with zero attached hydrogens (tertiary/aromatic N) is 2. The molecule has 1 unspecified atom stereocenters. The summed E-state index contributed by atoms with van der Waals surface area (Å²) in [6, 6.07) is 11.3. The van der Waals surface area contributed by atoms with Gasteiger partial charge < -0.3 is 16.0 Å². The van der Waals surface area contributed by atoms with Gasteiger partial charge in [-0.1, -0.05) is 36.4 Å². The Balaban J connectivity index is 1.78. The van der Waals surface area contributed by atoms with Gasteiger partial charge in [-0.05, 0) is 39.2 Å². The van der Waals surface area contributed by atoms with Gasteiger partial charge in [-0.15, -0.1) is 6.58 Å². The lowest BCUT2D eigenvalue weighted by atomic mass is 10.0. The van der Waals surface area contributed by atoms with Crippen LogP contribution in [0.25, 0.3) is 0 Å². The van der Waals surface area contributed by atoms with E-state index >= 15 is 0 Å². The third-order valence-corrected chi connectivity index (χ3v) is 5.14. The molecule has 2 rings (SSSR count). The van der Waals surface area contributed by atoms with Crippen molar-refractivity contribution in [2.75, 3.05) is 33.2 Å². The monoisotopic (exact) mass is 371 g/mol. The summed E-state index contributed by atoms with van der Waals surface area (Å²) in [5, 5.41) is 10.8. The molecule has 0 spiro atoms. The van der Waals surface area contributed by atoms with Crippen molar-refractivity contribution < 1.29 is 0 Å². The number of piperidine rings is 1. The van der Waals surface area contributed by atoms with Crippen LogP contribution in [0.2, 0.25) is 0 Å². The van der Waals surface area contributed by atoms with Crippen LogP contribution in [0.1, 0.15) is 45.2 Å². The minimum atomic E-state index is -0.0554. The quantitative estimate of drug-likeness (QED) is 0.374. The molecule has 0 saturated carbocycles. The molecule has 3 N–H and O–H groups in total. The first-order chi connectivity index (χ1) is 12.9. The lowest BCUT2D eigenvalue weighted by Gasteiger charge is -2.34. The van der Waals surface area contributed by atoms with E-state index in [2.05, 4.69) is 83.5 Å². The zero-order chi connectivity index (χ0) is 19.7. The molecule has 150 valence electrons. The van der Waals surface area contributed by atoms with Crippen LogP contribution in [0, 0.1) is 0 Å². The maximum absolute atomic E-state index is 4.41. The molecule has 1 aromatic rings. The van der Waals surface area contributed by atoms with Gasteiger partial charge in [0.05, 0.1) is 0 Å². The average molecular weight is 372 g/mol. The van der Waals surface area contributed by atoms with Crippen molar-refractivity contribution in [3.63, 3.8) is 0 Å². The molecule has 1 aliphatic rings. The number of nitrogens with one attached hydrogen (secondary N) is 3. The van der Waals surface area contributed by atoms with E-state index in [1.165, 1.54) is 5.56 Å². The van der Waals surface area contributed by atoms with Gasteiger partial charge in [0.1, 0.15) is 0 Å². The van der Waals surface area contributed by atoms with Crippen LogP contribution in [-0.2, 0) is 0 Å². The second kappa shape index (κ2) is 10.5. The van der Waals surface area contributed by atoms with E-state index in [9.17, 15) is 0 Å². The fraction of sp³-hybridized carbons (Fsp3) is 0.591. The van der Waals surface area contributed by atoms with Crippen molar-refractivity contribution in [1.29, 1.82) is 0 Å². The summed E-state index contributed by atoms with van der Waals surface area (Å²) >= 11 is 0. The molecular weight excluding hydrogens is 334 g/mol. The van der Waals surface area contributed by atoms with Gasteiger partial charge in [-0.25, -0.2) is 0 Å². The molecule has 1 aromatic carbocycles.